The molecule has 0 spiro atoms. The second-order valence-corrected chi connectivity index (χ2v) is 10.6. The van der Waals surface area contributed by atoms with Crippen molar-refractivity contribution >= 4 is 22.8 Å². The molecule has 0 aromatic heterocycles. The minimum absolute atomic E-state index is 0.147. The van der Waals surface area contributed by atoms with Crippen LogP contribution >= 0.6 is 0 Å². The molecule has 0 unspecified atom stereocenters. The van der Waals surface area contributed by atoms with Gasteiger partial charge < -0.3 is 9.80 Å². The van der Waals surface area contributed by atoms with Crippen molar-refractivity contribution < 1.29 is 9.59 Å². The summed E-state index contributed by atoms with van der Waals surface area (Å²) >= 11 is 0. The Morgan fingerprint density at radius 1 is 1.15 bits per heavy atom. The van der Waals surface area contributed by atoms with Crippen molar-refractivity contribution in [2.24, 2.45) is 0 Å². The standard InChI is InChI=1S/C30H40N2O2/c1-20-16-21(2)26(30(34)17-20)10-11-29(33)27-18-24(23-12-14-31(4)15-13-23)19-28(22(27)3)32(5)25-8-6-7-9-25/h12,16,18-19,25H,6-11,13-15,17H2,1-5H3. The zero-order chi connectivity index (χ0) is 24.4. The van der Waals surface area contributed by atoms with Gasteiger partial charge in [0.1, 0.15) is 0 Å². The van der Waals surface area contributed by atoms with Crippen molar-refractivity contribution in [3.8, 4) is 0 Å². The van der Waals surface area contributed by atoms with E-state index >= 15 is 0 Å². The highest BCUT2D eigenvalue weighted by molar-refractivity contribution is 6.03. The van der Waals surface area contributed by atoms with Gasteiger partial charge in [-0.05, 0) is 93.5 Å². The fraction of sp³-hybridized carbons (Fsp3) is 0.533. The predicted molar refractivity (Wildman–Crippen MR) is 142 cm³/mol. The maximum absolute atomic E-state index is 13.6. The second-order valence-electron chi connectivity index (χ2n) is 10.6. The molecule has 0 saturated heterocycles. The lowest BCUT2D eigenvalue weighted by atomic mass is 9.87. The molecule has 1 aromatic rings. The van der Waals surface area contributed by atoms with E-state index in [-0.39, 0.29) is 11.6 Å². The Morgan fingerprint density at radius 3 is 2.53 bits per heavy atom. The van der Waals surface area contributed by atoms with Crippen molar-refractivity contribution in [3.63, 3.8) is 0 Å². The fourth-order valence-electron chi connectivity index (χ4n) is 5.86. The largest absolute Gasteiger partial charge is 0.371 e. The number of Topliss-reactive ketones (excluding diaryl/α,β-unsaturated/α-hetero) is 2. The number of ketones is 2. The van der Waals surface area contributed by atoms with E-state index in [4.69, 9.17) is 0 Å². The minimum atomic E-state index is 0.147. The molecule has 0 atom stereocenters. The lowest BCUT2D eigenvalue weighted by Crippen LogP contribution is -2.30. The fourth-order valence-corrected chi connectivity index (χ4v) is 5.86. The average Bonchev–Trinajstić information content (AvgIpc) is 3.33. The first kappa shape index (κ1) is 24.7. The van der Waals surface area contributed by atoms with E-state index < -0.39 is 0 Å². The maximum atomic E-state index is 13.6. The molecule has 4 nitrogen and oxygen atoms in total. The van der Waals surface area contributed by atoms with Gasteiger partial charge in [-0.1, -0.05) is 30.6 Å². The van der Waals surface area contributed by atoms with Crippen LogP contribution in [0, 0.1) is 6.92 Å². The summed E-state index contributed by atoms with van der Waals surface area (Å²) in [6.07, 6.45) is 11.8. The average molecular weight is 461 g/mol. The Bertz CT molecular complexity index is 1070. The quantitative estimate of drug-likeness (QED) is 0.448. The van der Waals surface area contributed by atoms with Gasteiger partial charge >= 0.3 is 0 Å². The van der Waals surface area contributed by atoms with Gasteiger partial charge in [-0.3, -0.25) is 9.59 Å². The van der Waals surface area contributed by atoms with Crippen molar-refractivity contribution in [1.82, 2.24) is 4.90 Å². The van der Waals surface area contributed by atoms with Gasteiger partial charge in [0.15, 0.2) is 11.6 Å². The summed E-state index contributed by atoms with van der Waals surface area (Å²) in [5, 5.41) is 0. The van der Waals surface area contributed by atoms with E-state index in [2.05, 4.69) is 55.1 Å². The van der Waals surface area contributed by atoms with Crippen LogP contribution < -0.4 is 4.90 Å². The molecule has 0 radical (unpaired) electrons. The molecule has 1 heterocycles. The highest BCUT2D eigenvalue weighted by Gasteiger charge is 2.25. The zero-order valence-electron chi connectivity index (χ0n) is 21.7. The lowest BCUT2D eigenvalue weighted by Gasteiger charge is -2.30. The summed E-state index contributed by atoms with van der Waals surface area (Å²) in [5.41, 5.74) is 8.57. The van der Waals surface area contributed by atoms with Gasteiger partial charge in [-0.25, -0.2) is 0 Å². The van der Waals surface area contributed by atoms with Crippen LogP contribution in [0.1, 0.15) is 86.7 Å². The van der Waals surface area contributed by atoms with Crippen LogP contribution in [0.15, 0.2) is 41.0 Å². The van der Waals surface area contributed by atoms with Crippen LogP contribution in [0.5, 0.6) is 0 Å². The molecular formula is C30H40N2O2. The van der Waals surface area contributed by atoms with Crippen LogP contribution in [-0.4, -0.2) is 49.7 Å². The molecule has 1 saturated carbocycles. The Hall–Kier alpha value is -2.46. The number of carbonyl (C=O) groups excluding carboxylic acids is 2. The van der Waals surface area contributed by atoms with Gasteiger partial charge in [0.2, 0.25) is 0 Å². The van der Waals surface area contributed by atoms with Gasteiger partial charge in [0.05, 0.1) is 0 Å². The number of nitrogens with zero attached hydrogens (tertiary/aromatic N) is 2. The van der Waals surface area contributed by atoms with Crippen molar-refractivity contribution in [3.05, 3.63) is 57.7 Å². The third kappa shape index (κ3) is 5.27. The molecule has 4 rings (SSSR count). The second kappa shape index (κ2) is 10.4. The Kier molecular flexibility index (Phi) is 7.57. The van der Waals surface area contributed by atoms with Crippen LogP contribution in [-0.2, 0) is 4.79 Å². The van der Waals surface area contributed by atoms with E-state index in [9.17, 15) is 9.59 Å². The number of rotatable bonds is 7. The van der Waals surface area contributed by atoms with Crippen molar-refractivity contribution in [1.29, 1.82) is 0 Å². The normalized spacial score (nSPS) is 20.0. The van der Waals surface area contributed by atoms with Crippen LogP contribution in [0.3, 0.4) is 0 Å². The van der Waals surface area contributed by atoms with Crippen molar-refractivity contribution in [2.75, 3.05) is 32.1 Å². The molecule has 0 amide bonds. The van der Waals surface area contributed by atoms with Gasteiger partial charge in [0.25, 0.3) is 0 Å². The molecule has 1 aliphatic heterocycles. The highest BCUT2D eigenvalue weighted by Crippen LogP contribution is 2.35. The third-order valence-electron chi connectivity index (χ3n) is 8.03. The Labute approximate surface area is 205 Å². The van der Waals surface area contributed by atoms with E-state index in [1.165, 1.54) is 42.5 Å². The summed E-state index contributed by atoms with van der Waals surface area (Å²) in [7, 11) is 4.35. The Balaban J connectivity index is 1.65. The number of allylic oxidation sites excluding steroid dienone is 4. The zero-order valence-corrected chi connectivity index (χ0v) is 21.7. The topological polar surface area (TPSA) is 40.6 Å². The molecule has 1 aromatic carbocycles. The summed E-state index contributed by atoms with van der Waals surface area (Å²) < 4.78 is 0. The molecule has 182 valence electrons. The number of carbonyl (C=O) groups is 2. The summed E-state index contributed by atoms with van der Waals surface area (Å²) in [4.78, 5) is 30.9. The molecule has 0 bridgehead atoms. The number of benzene rings is 1. The third-order valence-corrected chi connectivity index (χ3v) is 8.03. The SMILES string of the molecule is CC1=CC(C)=C(CCC(=O)c2cc(C3=CCN(C)CC3)cc(N(C)C3CCCC3)c2C)C(=O)C1. The molecular weight excluding hydrogens is 420 g/mol. The van der Waals surface area contributed by atoms with Crippen LogP contribution in [0.4, 0.5) is 5.69 Å². The molecule has 1 fully saturated rings. The van der Waals surface area contributed by atoms with Crippen LogP contribution in [0.25, 0.3) is 5.57 Å². The van der Waals surface area contributed by atoms with E-state index in [1.807, 2.05) is 13.8 Å². The van der Waals surface area contributed by atoms with Crippen LogP contribution in [0.2, 0.25) is 0 Å². The number of likely N-dealkylation sites (N-methyl/N-ethyl adjacent to an activating group) is 1. The molecule has 0 N–H and O–H groups in total. The first-order valence-electron chi connectivity index (χ1n) is 12.9. The predicted octanol–water partition coefficient (Wildman–Crippen LogP) is 6.29. The maximum Gasteiger partial charge on any atom is 0.163 e. The summed E-state index contributed by atoms with van der Waals surface area (Å²) in [6, 6.07) is 4.98. The number of anilines is 1. The van der Waals surface area contributed by atoms with Gasteiger partial charge in [-0.2, -0.15) is 0 Å². The summed E-state index contributed by atoms with van der Waals surface area (Å²) in [6.45, 7) is 8.08. The van der Waals surface area contributed by atoms with E-state index in [0.717, 1.165) is 47.4 Å². The molecule has 34 heavy (non-hydrogen) atoms. The van der Waals surface area contributed by atoms with Gasteiger partial charge in [-0.15, -0.1) is 0 Å². The first-order chi connectivity index (χ1) is 16.2. The van der Waals surface area contributed by atoms with E-state index in [1.54, 1.807) is 0 Å². The minimum Gasteiger partial charge on any atom is -0.371 e. The summed E-state index contributed by atoms with van der Waals surface area (Å²) in [5.74, 6) is 0.322. The number of hydrogen-bond donors (Lipinski definition) is 0. The van der Waals surface area contributed by atoms with E-state index in [0.29, 0.717) is 25.3 Å². The monoisotopic (exact) mass is 460 g/mol. The molecule has 4 heteroatoms. The molecule has 3 aliphatic rings. The highest BCUT2D eigenvalue weighted by atomic mass is 16.1. The number of hydrogen-bond acceptors (Lipinski definition) is 4. The smallest absolute Gasteiger partial charge is 0.163 e. The first-order valence-corrected chi connectivity index (χ1v) is 12.9. The Morgan fingerprint density at radius 2 is 1.88 bits per heavy atom. The molecule has 2 aliphatic carbocycles. The lowest BCUT2D eigenvalue weighted by molar-refractivity contribution is -0.115. The van der Waals surface area contributed by atoms with Crippen molar-refractivity contribution in [2.45, 2.75) is 78.2 Å². The van der Waals surface area contributed by atoms with Gasteiger partial charge in [0, 0.05) is 50.3 Å².